The van der Waals surface area contributed by atoms with Crippen LogP contribution >= 0.6 is 11.6 Å². The van der Waals surface area contributed by atoms with E-state index in [4.69, 9.17) is 20.9 Å². The number of halogens is 1. The number of aryl methyl sites for hydroxylation is 1. The van der Waals surface area contributed by atoms with Crippen LogP contribution in [0.5, 0.6) is 0 Å². The van der Waals surface area contributed by atoms with E-state index >= 15 is 0 Å². The molecule has 1 saturated heterocycles. The molecule has 0 unspecified atom stereocenters. The predicted octanol–water partition coefficient (Wildman–Crippen LogP) is 3.80. The third kappa shape index (κ3) is 3.02. The average molecular weight is 344 g/mol. The first-order valence-corrected chi connectivity index (χ1v) is 8.41. The van der Waals surface area contributed by atoms with E-state index in [-0.39, 0.29) is 12.1 Å². The van der Waals surface area contributed by atoms with Gasteiger partial charge in [0.1, 0.15) is 0 Å². The fraction of sp³-hybridized carbons (Fsp3) is 0.333. The fourth-order valence-electron chi connectivity index (χ4n) is 3.21. The maximum atomic E-state index is 6.26. The van der Waals surface area contributed by atoms with E-state index in [0.717, 1.165) is 16.8 Å². The van der Waals surface area contributed by atoms with E-state index in [0.29, 0.717) is 24.9 Å². The molecule has 0 amide bonds. The van der Waals surface area contributed by atoms with Gasteiger partial charge in [0.05, 0.1) is 0 Å². The molecule has 0 aliphatic carbocycles. The van der Waals surface area contributed by atoms with Crippen molar-refractivity contribution in [1.29, 1.82) is 0 Å². The minimum atomic E-state index is -0.198. The smallest absolute Gasteiger partial charge is 0.257 e. The van der Waals surface area contributed by atoms with E-state index < -0.39 is 0 Å². The van der Waals surface area contributed by atoms with E-state index in [1.54, 1.807) is 0 Å². The Hall–Kier alpha value is -1.95. The molecule has 2 atom stereocenters. The number of ether oxygens (including phenoxy) is 1. The Balaban J connectivity index is 1.54. The van der Waals surface area contributed by atoms with E-state index in [1.165, 1.54) is 10.9 Å². The molecule has 1 aromatic heterocycles. The van der Waals surface area contributed by atoms with Gasteiger partial charge in [-0.1, -0.05) is 41.0 Å². The lowest BCUT2D eigenvalue weighted by Crippen LogP contribution is -2.31. The summed E-state index contributed by atoms with van der Waals surface area (Å²) in [4.78, 5) is 4.30. The molecule has 2 aromatic carbocycles. The highest BCUT2D eigenvalue weighted by Gasteiger charge is 2.33. The quantitative estimate of drug-likeness (QED) is 0.780. The van der Waals surface area contributed by atoms with Crippen LogP contribution in [0.1, 0.15) is 29.8 Å². The fourth-order valence-corrected chi connectivity index (χ4v) is 3.46. The zero-order chi connectivity index (χ0) is 16.5. The summed E-state index contributed by atoms with van der Waals surface area (Å²) in [7, 11) is 0. The van der Waals surface area contributed by atoms with Gasteiger partial charge in [0, 0.05) is 24.2 Å². The third-order valence-corrected chi connectivity index (χ3v) is 4.56. The second-order valence-electron chi connectivity index (χ2n) is 6.03. The average Bonchev–Trinajstić information content (AvgIpc) is 3.20. The standard InChI is InChI=1S/C18H18ClN3O2/c1-11-21-18(24-22-11)17-16(6-7-23-17)20-10-13-9-14(19)8-12-4-2-3-5-15(12)13/h2-5,8-9,16-17,20H,6-7,10H2,1H3/t16-,17+/m0/s1. The van der Waals surface area contributed by atoms with Gasteiger partial charge in [-0.05, 0) is 41.8 Å². The number of nitrogens with one attached hydrogen (secondary N) is 1. The van der Waals surface area contributed by atoms with E-state index in [9.17, 15) is 0 Å². The molecule has 0 spiro atoms. The third-order valence-electron chi connectivity index (χ3n) is 4.35. The van der Waals surface area contributed by atoms with Gasteiger partial charge in [0.25, 0.3) is 5.89 Å². The highest BCUT2D eigenvalue weighted by atomic mass is 35.5. The first-order chi connectivity index (χ1) is 11.7. The molecule has 1 N–H and O–H groups in total. The zero-order valence-electron chi connectivity index (χ0n) is 13.3. The van der Waals surface area contributed by atoms with Crippen molar-refractivity contribution in [2.75, 3.05) is 6.61 Å². The Morgan fingerprint density at radius 3 is 3.00 bits per heavy atom. The van der Waals surface area contributed by atoms with Crippen molar-refractivity contribution < 1.29 is 9.26 Å². The van der Waals surface area contributed by atoms with Gasteiger partial charge >= 0.3 is 0 Å². The molecule has 1 aliphatic heterocycles. The van der Waals surface area contributed by atoms with Crippen molar-refractivity contribution in [2.24, 2.45) is 0 Å². The molecule has 3 aromatic rings. The van der Waals surface area contributed by atoms with Gasteiger partial charge < -0.3 is 14.6 Å². The Bertz CT molecular complexity index is 864. The number of hydrogen-bond donors (Lipinski definition) is 1. The van der Waals surface area contributed by atoms with Crippen molar-refractivity contribution >= 4 is 22.4 Å². The summed E-state index contributed by atoms with van der Waals surface area (Å²) < 4.78 is 11.1. The molecule has 1 fully saturated rings. The van der Waals surface area contributed by atoms with Crippen LogP contribution < -0.4 is 5.32 Å². The van der Waals surface area contributed by atoms with Crippen LogP contribution in [0.4, 0.5) is 0 Å². The first kappa shape index (κ1) is 15.6. The Labute approximate surface area is 145 Å². The number of aromatic nitrogens is 2. The largest absolute Gasteiger partial charge is 0.367 e. The van der Waals surface area contributed by atoms with Gasteiger partial charge in [-0.25, -0.2) is 0 Å². The van der Waals surface area contributed by atoms with Crippen molar-refractivity contribution in [1.82, 2.24) is 15.5 Å². The number of benzene rings is 2. The summed E-state index contributed by atoms with van der Waals surface area (Å²) in [6.07, 6.45) is 0.710. The summed E-state index contributed by atoms with van der Waals surface area (Å²) in [5, 5.41) is 10.5. The highest BCUT2D eigenvalue weighted by molar-refractivity contribution is 6.31. The second-order valence-corrected chi connectivity index (χ2v) is 6.47. The van der Waals surface area contributed by atoms with Gasteiger partial charge in [-0.15, -0.1) is 0 Å². The van der Waals surface area contributed by atoms with Crippen LogP contribution in [0, 0.1) is 6.92 Å². The van der Waals surface area contributed by atoms with Crippen molar-refractivity contribution in [2.45, 2.75) is 32.0 Å². The molecule has 0 radical (unpaired) electrons. The lowest BCUT2D eigenvalue weighted by atomic mass is 10.0. The van der Waals surface area contributed by atoms with Crippen molar-refractivity contribution in [3.05, 3.63) is 58.7 Å². The normalized spacial score (nSPS) is 20.8. The number of nitrogens with zero attached hydrogens (tertiary/aromatic N) is 2. The Kier molecular flexibility index (Phi) is 4.22. The molecular weight excluding hydrogens is 326 g/mol. The summed E-state index contributed by atoms with van der Waals surface area (Å²) in [5.74, 6) is 1.17. The molecule has 4 rings (SSSR count). The summed E-state index contributed by atoms with van der Waals surface area (Å²) in [5.41, 5.74) is 1.17. The van der Waals surface area contributed by atoms with Crippen LogP contribution in [-0.2, 0) is 11.3 Å². The lowest BCUT2D eigenvalue weighted by molar-refractivity contribution is 0.0705. The lowest BCUT2D eigenvalue weighted by Gasteiger charge is -2.17. The monoisotopic (exact) mass is 343 g/mol. The number of rotatable bonds is 4. The second kappa shape index (κ2) is 6.51. The number of hydrogen-bond acceptors (Lipinski definition) is 5. The maximum absolute atomic E-state index is 6.26. The van der Waals surface area contributed by atoms with Crippen LogP contribution in [0.15, 0.2) is 40.9 Å². The summed E-state index contributed by atoms with van der Waals surface area (Å²) in [6, 6.07) is 12.4. The Morgan fingerprint density at radius 1 is 1.29 bits per heavy atom. The topological polar surface area (TPSA) is 60.2 Å². The first-order valence-electron chi connectivity index (χ1n) is 8.03. The zero-order valence-corrected chi connectivity index (χ0v) is 14.1. The Morgan fingerprint density at radius 2 is 2.17 bits per heavy atom. The van der Waals surface area contributed by atoms with Gasteiger partial charge in [0.2, 0.25) is 0 Å². The van der Waals surface area contributed by atoms with E-state index in [2.05, 4.69) is 27.6 Å². The van der Waals surface area contributed by atoms with Gasteiger partial charge in [0.15, 0.2) is 11.9 Å². The molecule has 6 heteroatoms. The van der Waals surface area contributed by atoms with Crippen LogP contribution in [0.25, 0.3) is 10.8 Å². The van der Waals surface area contributed by atoms with E-state index in [1.807, 2.05) is 31.2 Å². The molecule has 24 heavy (non-hydrogen) atoms. The summed E-state index contributed by atoms with van der Waals surface area (Å²) >= 11 is 6.26. The van der Waals surface area contributed by atoms with Crippen LogP contribution in [0.3, 0.4) is 0 Å². The van der Waals surface area contributed by atoms with Crippen LogP contribution in [0.2, 0.25) is 5.02 Å². The molecule has 0 saturated carbocycles. The number of fused-ring (bicyclic) bond motifs is 1. The molecule has 5 nitrogen and oxygen atoms in total. The summed E-state index contributed by atoms with van der Waals surface area (Å²) in [6.45, 7) is 3.20. The van der Waals surface area contributed by atoms with Crippen molar-refractivity contribution in [3.8, 4) is 0 Å². The van der Waals surface area contributed by atoms with Crippen LogP contribution in [-0.4, -0.2) is 22.8 Å². The highest BCUT2D eigenvalue weighted by Crippen LogP contribution is 2.29. The maximum Gasteiger partial charge on any atom is 0.257 e. The minimum absolute atomic E-state index is 0.141. The predicted molar refractivity (Wildman–Crippen MR) is 91.9 cm³/mol. The molecule has 0 bridgehead atoms. The van der Waals surface area contributed by atoms with Crippen molar-refractivity contribution in [3.63, 3.8) is 0 Å². The SMILES string of the molecule is Cc1noc([C@@H]2OCC[C@@H]2NCc2cc(Cl)cc3ccccc23)n1. The molecular formula is C18H18ClN3O2. The van der Waals surface area contributed by atoms with Gasteiger partial charge in [-0.2, -0.15) is 4.98 Å². The van der Waals surface area contributed by atoms with Gasteiger partial charge in [-0.3, -0.25) is 0 Å². The molecule has 2 heterocycles. The molecule has 124 valence electrons. The molecule has 1 aliphatic rings. The minimum Gasteiger partial charge on any atom is -0.367 e.